The van der Waals surface area contributed by atoms with Gasteiger partial charge in [-0.15, -0.1) is 10.2 Å². The molecule has 3 rings (SSSR count). The van der Waals surface area contributed by atoms with Crippen LogP contribution in [-0.4, -0.2) is 14.9 Å². The molecule has 0 aliphatic carbocycles. The molecule has 0 aliphatic rings. The molecule has 26 heavy (non-hydrogen) atoms. The van der Waals surface area contributed by atoms with E-state index < -0.39 is 17.6 Å². The Morgan fingerprint density at radius 3 is 2.62 bits per heavy atom. The SMILES string of the molecule is CCc1cc2oc(=O)cc(CSc3nnc(C(F)(F)F)n3N)c2cc1Cl. The van der Waals surface area contributed by atoms with Crippen molar-refractivity contribution in [2.75, 3.05) is 5.84 Å². The van der Waals surface area contributed by atoms with Crippen LogP contribution < -0.4 is 11.5 Å². The number of benzene rings is 1. The van der Waals surface area contributed by atoms with E-state index in [-0.39, 0.29) is 10.9 Å². The highest BCUT2D eigenvalue weighted by Crippen LogP contribution is 2.32. The van der Waals surface area contributed by atoms with Crippen LogP contribution in [0.4, 0.5) is 13.2 Å². The van der Waals surface area contributed by atoms with Crippen LogP contribution in [0.1, 0.15) is 23.9 Å². The summed E-state index contributed by atoms with van der Waals surface area (Å²) in [5.74, 6) is 4.25. The van der Waals surface area contributed by atoms with E-state index in [0.29, 0.717) is 32.7 Å². The van der Waals surface area contributed by atoms with Crippen LogP contribution >= 0.6 is 23.4 Å². The number of nitrogens with zero attached hydrogens (tertiary/aromatic N) is 3. The molecule has 2 aromatic heterocycles. The normalized spacial score (nSPS) is 12.0. The third-order valence-electron chi connectivity index (χ3n) is 3.65. The average molecular weight is 405 g/mol. The van der Waals surface area contributed by atoms with Gasteiger partial charge in [-0.1, -0.05) is 30.3 Å². The first kappa shape index (κ1) is 18.6. The second kappa shape index (κ2) is 6.84. The predicted octanol–water partition coefficient (Wildman–Crippen LogP) is 3.63. The number of aryl methyl sites for hydroxylation is 1. The van der Waals surface area contributed by atoms with Gasteiger partial charge in [-0.3, -0.25) is 0 Å². The lowest BCUT2D eigenvalue weighted by Crippen LogP contribution is -2.21. The van der Waals surface area contributed by atoms with E-state index in [9.17, 15) is 18.0 Å². The molecule has 6 nitrogen and oxygen atoms in total. The summed E-state index contributed by atoms with van der Waals surface area (Å²) in [5, 5.41) is 7.49. The third-order valence-corrected chi connectivity index (χ3v) is 5.00. The molecule has 0 atom stereocenters. The molecule has 0 fully saturated rings. The van der Waals surface area contributed by atoms with E-state index in [2.05, 4.69) is 10.2 Å². The monoisotopic (exact) mass is 404 g/mol. The highest BCUT2D eigenvalue weighted by atomic mass is 35.5. The van der Waals surface area contributed by atoms with Crippen molar-refractivity contribution in [3.63, 3.8) is 0 Å². The Balaban J connectivity index is 1.96. The first-order chi connectivity index (χ1) is 12.2. The Morgan fingerprint density at radius 2 is 2.00 bits per heavy atom. The first-order valence-electron chi connectivity index (χ1n) is 7.36. The van der Waals surface area contributed by atoms with E-state index in [1.54, 1.807) is 12.1 Å². The van der Waals surface area contributed by atoms with Crippen LogP contribution in [0, 0.1) is 0 Å². The molecule has 0 saturated heterocycles. The summed E-state index contributed by atoms with van der Waals surface area (Å²) < 4.78 is 43.7. The second-order valence-electron chi connectivity index (χ2n) is 5.35. The molecule has 11 heteroatoms. The topological polar surface area (TPSA) is 86.9 Å². The maximum Gasteiger partial charge on any atom is 0.453 e. The lowest BCUT2D eigenvalue weighted by atomic mass is 10.1. The van der Waals surface area contributed by atoms with Crippen molar-refractivity contribution in [3.8, 4) is 0 Å². The Bertz CT molecular complexity index is 1030. The van der Waals surface area contributed by atoms with Crippen molar-refractivity contribution in [1.82, 2.24) is 14.9 Å². The zero-order valence-electron chi connectivity index (χ0n) is 13.3. The Morgan fingerprint density at radius 1 is 1.27 bits per heavy atom. The molecule has 1 aromatic carbocycles. The van der Waals surface area contributed by atoms with Gasteiger partial charge in [0.1, 0.15) is 5.58 Å². The van der Waals surface area contributed by atoms with Crippen molar-refractivity contribution in [2.45, 2.75) is 30.4 Å². The van der Waals surface area contributed by atoms with Gasteiger partial charge in [0.25, 0.3) is 5.82 Å². The fourth-order valence-electron chi connectivity index (χ4n) is 2.39. The number of hydrogen-bond acceptors (Lipinski definition) is 6. The number of nitrogen functional groups attached to an aromatic ring is 1. The van der Waals surface area contributed by atoms with Gasteiger partial charge >= 0.3 is 11.8 Å². The molecule has 0 amide bonds. The fourth-order valence-corrected chi connectivity index (χ4v) is 3.53. The van der Waals surface area contributed by atoms with Gasteiger partial charge in [0, 0.05) is 22.2 Å². The number of aromatic nitrogens is 3. The van der Waals surface area contributed by atoms with Gasteiger partial charge in [-0.25, -0.2) is 9.47 Å². The Hall–Kier alpha value is -2.20. The molecular weight excluding hydrogens is 393 g/mol. The number of alkyl halides is 3. The predicted molar refractivity (Wildman–Crippen MR) is 91.6 cm³/mol. The van der Waals surface area contributed by atoms with Crippen LogP contribution in [-0.2, 0) is 18.3 Å². The third kappa shape index (κ3) is 3.51. The average Bonchev–Trinajstić information content (AvgIpc) is 2.93. The fraction of sp³-hybridized carbons (Fsp3) is 0.267. The van der Waals surface area contributed by atoms with E-state index >= 15 is 0 Å². The number of fused-ring (bicyclic) bond motifs is 1. The molecule has 3 aromatic rings. The van der Waals surface area contributed by atoms with E-state index in [1.807, 2.05) is 6.92 Å². The van der Waals surface area contributed by atoms with Crippen molar-refractivity contribution < 1.29 is 17.6 Å². The number of hydrogen-bond donors (Lipinski definition) is 1. The van der Waals surface area contributed by atoms with Gasteiger partial charge in [0.05, 0.1) is 0 Å². The summed E-state index contributed by atoms with van der Waals surface area (Å²) >= 11 is 7.13. The van der Waals surface area contributed by atoms with Gasteiger partial charge in [0.2, 0.25) is 5.16 Å². The zero-order valence-corrected chi connectivity index (χ0v) is 14.9. The van der Waals surface area contributed by atoms with Crippen LogP contribution in [0.15, 0.2) is 32.6 Å². The Labute approximate surface area is 154 Å². The molecule has 2 heterocycles. The zero-order chi connectivity index (χ0) is 19.1. The second-order valence-corrected chi connectivity index (χ2v) is 6.70. The molecule has 0 aliphatic heterocycles. The molecular formula is C15H12ClF3N4O2S. The minimum Gasteiger partial charge on any atom is -0.423 e. The molecule has 0 spiro atoms. The van der Waals surface area contributed by atoms with Crippen LogP contribution in [0.25, 0.3) is 11.0 Å². The van der Waals surface area contributed by atoms with Crippen LogP contribution in [0.5, 0.6) is 0 Å². The molecule has 2 N–H and O–H groups in total. The van der Waals surface area contributed by atoms with Crippen molar-refractivity contribution >= 4 is 34.3 Å². The highest BCUT2D eigenvalue weighted by Gasteiger charge is 2.38. The van der Waals surface area contributed by atoms with Crippen molar-refractivity contribution in [3.05, 3.63) is 50.6 Å². The van der Waals surface area contributed by atoms with Gasteiger partial charge in [-0.2, -0.15) is 13.2 Å². The minimum absolute atomic E-state index is 0.130. The van der Waals surface area contributed by atoms with Crippen molar-refractivity contribution in [2.24, 2.45) is 0 Å². The maximum absolute atomic E-state index is 12.7. The first-order valence-corrected chi connectivity index (χ1v) is 8.72. The molecule has 0 saturated carbocycles. The largest absolute Gasteiger partial charge is 0.453 e. The molecule has 138 valence electrons. The summed E-state index contributed by atoms with van der Waals surface area (Å²) in [6.45, 7) is 1.91. The summed E-state index contributed by atoms with van der Waals surface area (Å²) in [7, 11) is 0. The Kier molecular flexibility index (Phi) is 4.89. The lowest BCUT2D eigenvalue weighted by Gasteiger charge is -2.09. The van der Waals surface area contributed by atoms with E-state index in [4.69, 9.17) is 21.9 Å². The standard InChI is InChI=1S/C15H12ClF3N4O2S/c1-2-7-3-11-9(5-10(7)16)8(4-12(24)25-11)6-26-14-22-21-13(23(14)20)15(17,18)19/h3-5H,2,6,20H2,1H3. The quantitative estimate of drug-likeness (QED) is 0.406. The van der Waals surface area contributed by atoms with Gasteiger partial charge in [-0.05, 0) is 29.7 Å². The summed E-state index contributed by atoms with van der Waals surface area (Å²) in [4.78, 5) is 11.8. The van der Waals surface area contributed by atoms with Gasteiger partial charge in [0.15, 0.2) is 0 Å². The van der Waals surface area contributed by atoms with E-state index in [1.165, 1.54) is 6.07 Å². The molecule has 0 radical (unpaired) electrons. The minimum atomic E-state index is -4.70. The summed E-state index contributed by atoms with van der Waals surface area (Å²) in [6.07, 6.45) is -4.04. The maximum atomic E-state index is 12.7. The molecule has 0 bridgehead atoms. The number of rotatable bonds is 4. The van der Waals surface area contributed by atoms with Crippen LogP contribution in [0.3, 0.4) is 0 Å². The van der Waals surface area contributed by atoms with Crippen molar-refractivity contribution in [1.29, 1.82) is 0 Å². The van der Waals surface area contributed by atoms with Crippen LogP contribution in [0.2, 0.25) is 5.02 Å². The smallest absolute Gasteiger partial charge is 0.423 e. The van der Waals surface area contributed by atoms with E-state index in [0.717, 1.165) is 17.3 Å². The number of nitrogens with two attached hydrogens (primary N) is 1. The molecule has 0 unspecified atom stereocenters. The number of thioether (sulfide) groups is 1. The highest BCUT2D eigenvalue weighted by molar-refractivity contribution is 7.98. The summed E-state index contributed by atoms with van der Waals surface area (Å²) in [6, 6.07) is 4.61. The lowest BCUT2D eigenvalue weighted by molar-refractivity contribution is -0.146. The number of halogens is 4. The summed E-state index contributed by atoms with van der Waals surface area (Å²) in [5.41, 5.74) is 1.16. The van der Waals surface area contributed by atoms with Gasteiger partial charge < -0.3 is 10.3 Å².